The molecule has 0 aromatic heterocycles. The normalized spacial score (nSPS) is 11.7. The molecule has 0 unspecified atom stereocenters. The number of hydrogen-bond donors (Lipinski definition) is 2. The van der Waals surface area contributed by atoms with E-state index in [2.05, 4.69) is 10.6 Å². The van der Waals surface area contributed by atoms with Crippen molar-refractivity contribution in [3.8, 4) is 11.5 Å². The monoisotopic (exact) mass is 328 g/mol. The van der Waals surface area contributed by atoms with Gasteiger partial charge >= 0.3 is 12.0 Å². The van der Waals surface area contributed by atoms with Crippen molar-refractivity contribution in [3.63, 3.8) is 0 Å². The summed E-state index contributed by atoms with van der Waals surface area (Å²) in [4.78, 5) is 23.6. The van der Waals surface area contributed by atoms with Crippen molar-refractivity contribution in [1.29, 1.82) is 0 Å². The van der Waals surface area contributed by atoms with Crippen molar-refractivity contribution in [1.82, 2.24) is 0 Å². The van der Waals surface area contributed by atoms with Crippen molar-refractivity contribution in [2.75, 3.05) is 24.0 Å². The Morgan fingerprint density at radius 2 is 1.67 bits per heavy atom. The van der Waals surface area contributed by atoms with Crippen LogP contribution in [-0.4, -0.2) is 25.4 Å². The Kier molecular flexibility index (Phi) is 4.51. The molecule has 124 valence electrons. The van der Waals surface area contributed by atoms with Crippen LogP contribution in [0.25, 0.3) is 0 Å². The summed E-state index contributed by atoms with van der Waals surface area (Å²) >= 11 is 0. The highest BCUT2D eigenvalue weighted by Crippen LogP contribution is 2.34. The molecule has 2 aromatic rings. The highest BCUT2D eigenvalue weighted by atomic mass is 16.7. The van der Waals surface area contributed by atoms with Gasteiger partial charge in [-0.1, -0.05) is 0 Å². The predicted octanol–water partition coefficient (Wildman–Crippen LogP) is 3.24. The first-order valence-electron chi connectivity index (χ1n) is 7.40. The fourth-order valence-electron chi connectivity index (χ4n) is 2.17. The van der Waals surface area contributed by atoms with Gasteiger partial charge in [0.1, 0.15) is 0 Å². The quantitative estimate of drug-likeness (QED) is 0.842. The molecule has 2 amide bonds. The van der Waals surface area contributed by atoms with Crippen LogP contribution in [0.2, 0.25) is 0 Å². The number of hydrogen-bond acceptors (Lipinski definition) is 5. The Morgan fingerprint density at radius 3 is 2.42 bits per heavy atom. The predicted molar refractivity (Wildman–Crippen MR) is 87.6 cm³/mol. The van der Waals surface area contributed by atoms with Gasteiger partial charge in [-0.2, -0.15) is 0 Å². The molecule has 1 aliphatic rings. The fourth-order valence-corrected chi connectivity index (χ4v) is 2.17. The molecule has 0 saturated heterocycles. The lowest BCUT2D eigenvalue weighted by Gasteiger charge is -2.09. The van der Waals surface area contributed by atoms with Crippen molar-refractivity contribution < 1.29 is 23.8 Å². The lowest BCUT2D eigenvalue weighted by Crippen LogP contribution is -2.19. The number of carbonyl (C=O) groups is 2. The molecular weight excluding hydrogens is 312 g/mol. The van der Waals surface area contributed by atoms with Gasteiger partial charge in [0, 0.05) is 17.4 Å². The molecule has 1 aliphatic heterocycles. The first kappa shape index (κ1) is 15.7. The number of carbonyl (C=O) groups excluding carboxylic acids is 2. The van der Waals surface area contributed by atoms with E-state index >= 15 is 0 Å². The van der Waals surface area contributed by atoms with Crippen LogP contribution in [0.15, 0.2) is 42.5 Å². The van der Waals surface area contributed by atoms with Crippen LogP contribution in [0.5, 0.6) is 11.5 Å². The van der Waals surface area contributed by atoms with E-state index in [4.69, 9.17) is 14.2 Å². The Labute approximate surface area is 138 Å². The topological polar surface area (TPSA) is 85.9 Å². The van der Waals surface area contributed by atoms with Gasteiger partial charge in [0.15, 0.2) is 11.5 Å². The van der Waals surface area contributed by atoms with E-state index in [0.29, 0.717) is 35.0 Å². The largest absolute Gasteiger partial charge is 0.462 e. The summed E-state index contributed by atoms with van der Waals surface area (Å²) in [6.45, 7) is 2.24. The molecule has 0 spiro atoms. The SMILES string of the molecule is CCOC(=O)c1ccc(NC(=O)Nc2ccc3c(c2)OCO3)cc1. The maximum absolute atomic E-state index is 12.0. The van der Waals surface area contributed by atoms with Crippen LogP contribution >= 0.6 is 0 Å². The third kappa shape index (κ3) is 3.57. The second-order valence-corrected chi connectivity index (χ2v) is 4.94. The van der Waals surface area contributed by atoms with Gasteiger partial charge in [0.05, 0.1) is 12.2 Å². The number of amides is 2. The van der Waals surface area contributed by atoms with Gasteiger partial charge in [-0.05, 0) is 43.3 Å². The number of esters is 1. The number of benzene rings is 2. The standard InChI is InChI=1S/C17H16N2O5/c1-2-22-16(20)11-3-5-12(6-4-11)18-17(21)19-13-7-8-14-15(9-13)24-10-23-14/h3-9H,2,10H2,1H3,(H2,18,19,21). The number of ether oxygens (including phenoxy) is 3. The molecule has 2 aromatic carbocycles. The number of anilines is 2. The molecule has 0 aliphatic carbocycles. The molecule has 0 fully saturated rings. The zero-order valence-corrected chi connectivity index (χ0v) is 13.0. The molecule has 24 heavy (non-hydrogen) atoms. The summed E-state index contributed by atoms with van der Waals surface area (Å²) in [6, 6.07) is 11.2. The molecule has 0 radical (unpaired) electrons. The van der Waals surface area contributed by atoms with Gasteiger partial charge in [-0.25, -0.2) is 9.59 Å². The van der Waals surface area contributed by atoms with E-state index in [1.165, 1.54) is 0 Å². The van der Waals surface area contributed by atoms with E-state index in [9.17, 15) is 9.59 Å². The minimum atomic E-state index is -0.405. The van der Waals surface area contributed by atoms with Gasteiger partial charge in [0.25, 0.3) is 0 Å². The Morgan fingerprint density at radius 1 is 1.00 bits per heavy atom. The van der Waals surface area contributed by atoms with Crippen LogP contribution in [0.3, 0.4) is 0 Å². The van der Waals surface area contributed by atoms with Crippen LogP contribution < -0.4 is 20.1 Å². The summed E-state index contributed by atoms with van der Waals surface area (Å²) in [5.41, 5.74) is 1.57. The second-order valence-electron chi connectivity index (χ2n) is 4.94. The summed E-state index contributed by atoms with van der Waals surface area (Å²) < 4.78 is 15.4. The van der Waals surface area contributed by atoms with E-state index < -0.39 is 12.0 Å². The molecule has 0 bridgehead atoms. The van der Waals surface area contributed by atoms with Crippen molar-refractivity contribution in [2.45, 2.75) is 6.92 Å². The molecule has 2 N–H and O–H groups in total. The van der Waals surface area contributed by atoms with Gasteiger partial charge < -0.3 is 24.8 Å². The maximum atomic E-state index is 12.0. The van der Waals surface area contributed by atoms with Crippen LogP contribution in [0.1, 0.15) is 17.3 Å². The Hall–Kier alpha value is -3.22. The molecular formula is C17H16N2O5. The minimum absolute atomic E-state index is 0.178. The average Bonchev–Trinajstić information content (AvgIpc) is 3.03. The number of nitrogens with one attached hydrogen (secondary N) is 2. The summed E-state index contributed by atoms with van der Waals surface area (Å²) in [7, 11) is 0. The Bertz CT molecular complexity index is 758. The zero-order valence-electron chi connectivity index (χ0n) is 13.0. The fraction of sp³-hybridized carbons (Fsp3) is 0.176. The van der Waals surface area contributed by atoms with Crippen molar-refractivity contribution in [3.05, 3.63) is 48.0 Å². The van der Waals surface area contributed by atoms with Crippen LogP contribution in [-0.2, 0) is 4.74 Å². The van der Waals surface area contributed by atoms with Gasteiger partial charge in [0.2, 0.25) is 6.79 Å². The molecule has 7 heteroatoms. The second kappa shape index (κ2) is 6.91. The van der Waals surface area contributed by atoms with Crippen LogP contribution in [0, 0.1) is 0 Å². The van der Waals surface area contributed by atoms with Crippen molar-refractivity contribution >= 4 is 23.4 Å². The third-order valence-corrected chi connectivity index (χ3v) is 3.28. The number of rotatable bonds is 4. The van der Waals surface area contributed by atoms with Gasteiger partial charge in [-0.3, -0.25) is 0 Å². The smallest absolute Gasteiger partial charge is 0.338 e. The first-order chi connectivity index (χ1) is 11.7. The highest BCUT2D eigenvalue weighted by Gasteiger charge is 2.14. The zero-order chi connectivity index (χ0) is 16.9. The average molecular weight is 328 g/mol. The highest BCUT2D eigenvalue weighted by molar-refractivity contribution is 6.00. The molecule has 7 nitrogen and oxygen atoms in total. The van der Waals surface area contributed by atoms with E-state index in [1.54, 1.807) is 49.4 Å². The summed E-state index contributed by atoms with van der Waals surface area (Å²) in [5, 5.41) is 5.38. The molecule has 0 saturated carbocycles. The van der Waals surface area contributed by atoms with Gasteiger partial charge in [-0.15, -0.1) is 0 Å². The van der Waals surface area contributed by atoms with E-state index in [1.807, 2.05) is 0 Å². The third-order valence-electron chi connectivity index (χ3n) is 3.28. The minimum Gasteiger partial charge on any atom is -0.462 e. The van der Waals surface area contributed by atoms with Crippen LogP contribution in [0.4, 0.5) is 16.2 Å². The van der Waals surface area contributed by atoms with E-state index in [0.717, 1.165) is 0 Å². The summed E-state index contributed by atoms with van der Waals surface area (Å²) in [5.74, 6) is 0.843. The molecule has 0 atom stereocenters. The number of fused-ring (bicyclic) bond motifs is 1. The lowest BCUT2D eigenvalue weighted by atomic mass is 10.2. The first-order valence-corrected chi connectivity index (χ1v) is 7.40. The Balaban J connectivity index is 1.59. The molecule has 3 rings (SSSR count). The maximum Gasteiger partial charge on any atom is 0.338 e. The molecule has 1 heterocycles. The lowest BCUT2D eigenvalue weighted by molar-refractivity contribution is 0.0526. The number of urea groups is 1. The van der Waals surface area contributed by atoms with E-state index in [-0.39, 0.29) is 6.79 Å². The summed E-state index contributed by atoms with van der Waals surface area (Å²) in [6.07, 6.45) is 0. The van der Waals surface area contributed by atoms with Crippen molar-refractivity contribution in [2.24, 2.45) is 0 Å².